The first-order chi connectivity index (χ1) is 19.7. The smallest absolute Gasteiger partial charge is 0.264 e. The molecule has 2 amide bonds. The summed E-state index contributed by atoms with van der Waals surface area (Å²) in [5.74, 6) is -0.184. The van der Waals surface area contributed by atoms with Crippen molar-refractivity contribution in [3.8, 4) is 5.75 Å². The van der Waals surface area contributed by atoms with Gasteiger partial charge >= 0.3 is 0 Å². The third-order valence-electron chi connectivity index (χ3n) is 6.84. The summed E-state index contributed by atoms with van der Waals surface area (Å²) >= 11 is 0. The summed E-state index contributed by atoms with van der Waals surface area (Å²) in [6.45, 7) is 3.27. The Bertz CT molecular complexity index is 1450. The Labute approximate surface area is 241 Å². The van der Waals surface area contributed by atoms with E-state index in [-0.39, 0.29) is 23.5 Å². The zero-order valence-corrected chi connectivity index (χ0v) is 24.2. The molecule has 1 aliphatic rings. The van der Waals surface area contributed by atoms with Gasteiger partial charge in [-0.3, -0.25) is 13.9 Å². The van der Waals surface area contributed by atoms with Crippen LogP contribution in [0.3, 0.4) is 0 Å². The molecule has 2 N–H and O–H groups in total. The molecule has 4 rings (SSSR count). The summed E-state index contributed by atoms with van der Waals surface area (Å²) in [7, 11) is -4.00. The second-order valence-corrected chi connectivity index (χ2v) is 12.1. The zero-order chi connectivity index (χ0) is 29.2. The molecular formula is C31H36N4O5S. The highest BCUT2D eigenvalue weighted by Crippen LogP contribution is 2.24. The summed E-state index contributed by atoms with van der Waals surface area (Å²) in [4.78, 5) is 25.0. The van der Waals surface area contributed by atoms with E-state index in [1.165, 1.54) is 24.8 Å². The summed E-state index contributed by atoms with van der Waals surface area (Å²) in [6, 6.07) is 20.5. The number of hydrogen-bond acceptors (Lipinski definition) is 6. The molecule has 0 spiro atoms. The molecular weight excluding hydrogens is 540 g/mol. The van der Waals surface area contributed by atoms with Gasteiger partial charge in [0.15, 0.2) is 6.61 Å². The van der Waals surface area contributed by atoms with Crippen LogP contribution in [-0.4, -0.2) is 45.6 Å². The number of carbonyl (C=O) groups is 2. The number of rotatable bonds is 11. The van der Waals surface area contributed by atoms with Crippen LogP contribution in [0, 0.1) is 13.8 Å². The van der Waals surface area contributed by atoms with Crippen molar-refractivity contribution in [3.05, 3.63) is 89.5 Å². The maximum atomic E-state index is 13.5. The van der Waals surface area contributed by atoms with Gasteiger partial charge in [-0.1, -0.05) is 54.7 Å². The predicted molar refractivity (Wildman–Crippen MR) is 160 cm³/mol. The van der Waals surface area contributed by atoms with Crippen LogP contribution in [0.2, 0.25) is 0 Å². The molecule has 1 fully saturated rings. The number of amides is 2. The van der Waals surface area contributed by atoms with Crippen molar-refractivity contribution in [2.24, 2.45) is 5.10 Å². The molecule has 0 saturated heterocycles. The predicted octanol–water partition coefficient (Wildman–Crippen LogP) is 4.48. The first-order valence-electron chi connectivity index (χ1n) is 13.7. The lowest BCUT2D eigenvalue weighted by Crippen LogP contribution is -2.39. The molecule has 10 heteroatoms. The zero-order valence-electron chi connectivity index (χ0n) is 23.4. The van der Waals surface area contributed by atoms with Gasteiger partial charge in [0.1, 0.15) is 12.3 Å². The number of nitrogens with zero attached hydrogens (tertiary/aromatic N) is 2. The van der Waals surface area contributed by atoms with E-state index < -0.39 is 22.5 Å². The lowest BCUT2D eigenvalue weighted by atomic mass is 9.95. The quantitative estimate of drug-likeness (QED) is 0.258. The van der Waals surface area contributed by atoms with Crippen molar-refractivity contribution in [3.63, 3.8) is 0 Å². The molecule has 1 aliphatic carbocycles. The maximum Gasteiger partial charge on any atom is 0.264 e. The van der Waals surface area contributed by atoms with Gasteiger partial charge in [-0.15, -0.1) is 0 Å². The number of hydrazone groups is 1. The van der Waals surface area contributed by atoms with Gasteiger partial charge in [-0.25, -0.2) is 13.8 Å². The lowest BCUT2D eigenvalue weighted by Gasteiger charge is -2.24. The van der Waals surface area contributed by atoms with Crippen molar-refractivity contribution in [2.45, 2.75) is 56.9 Å². The highest BCUT2D eigenvalue weighted by Gasteiger charge is 2.27. The summed E-state index contributed by atoms with van der Waals surface area (Å²) in [5, 5.41) is 7.01. The third-order valence-corrected chi connectivity index (χ3v) is 8.63. The fraction of sp³-hybridized carbons (Fsp3) is 0.323. The molecule has 216 valence electrons. The molecule has 0 heterocycles. The Morgan fingerprint density at radius 2 is 1.49 bits per heavy atom. The van der Waals surface area contributed by atoms with Crippen molar-refractivity contribution in [1.29, 1.82) is 0 Å². The van der Waals surface area contributed by atoms with Gasteiger partial charge in [0.2, 0.25) is 0 Å². The van der Waals surface area contributed by atoms with Gasteiger partial charge in [-0.2, -0.15) is 5.10 Å². The molecule has 0 bridgehead atoms. The van der Waals surface area contributed by atoms with Crippen LogP contribution in [0.4, 0.5) is 5.69 Å². The Hall–Kier alpha value is -4.18. The van der Waals surface area contributed by atoms with Gasteiger partial charge < -0.3 is 10.1 Å². The van der Waals surface area contributed by atoms with Crippen molar-refractivity contribution in [1.82, 2.24) is 10.7 Å². The average molecular weight is 577 g/mol. The summed E-state index contributed by atoms with van der Waals surface area (Å²) in [5.41, 5.74) is 5.37. The number of sulfonamides is 1. The number of nitrogens with one attached hydrogen (secondary N) is 2. The van der Waals surface area contributed by atoms with Crippen molar-refractivity contribution < 1.29 is 22.7 Å². The molecule has 0 aromatic heterocycles. The highest BCUT2D eigenvalue weighted by atomic mass is 32.2. The van der Waals surface area contributed by atoms with Crippen LogP contribution in [0.15, 0.2) is 82.8 Å². The minimum absolute atomic E-state index is 0.0526. The van der Waals surface area contributed by atoms with E-state index in [0.717, 1.165) is 41.1 Å². The van der Waals surface area contributed by atoms with Crippen molar-refractivity contribution >= 4 is 33.7 Å². The number of anilines is 1. The van der Waals surface area contributed by atoms with E-state index in [0.29, 0.717) is 17.0 Å². The van der Waals surface area contributed by atoms with Gasteiger partial charge in [0.05, 0.1) is 16.8 Å². The standard InChI is InChI=1S/C31H36N4O5S/c1-23-8-14-27(15-9-23)35(41(38,39)29-18-10-24(2)11-19-29)21-30(36)34-32-20-25-12-16-28(17-13-25)40-22-31(37)33-26-6-4-3-5-7-26/h8-20,26H,3-7,21-22H2,1-2H3,(H,33,37)(H,34,36)/b32-20-. The Balaban J connectivity index is 1.33. The maximum absolute atomic E-state index is 13.5. The van der Waals surface area contributed by atoms with E-state index in [4.69, 9.17) is 4.74 Å². The van der Waals surface area contributed by atoms with E-state index in [9.17, 15) is 18.0 Å². The Kier molecular flexibility index (Phi) is 10.1. The molecule has 0 atom stereocenters. The number of ether oxygens (including phenoxy) is 1. The molecule has 0 radical (unpaired) electrons. The number of aryl methyl sites for hydroxylation is 2. The lowest BCUT2D eigenvalue weighted by molar-refractivity contribution is -0.124. The van der Waals surface area contributed by atoms with Crippen LogP contribution < -0.4 is 19.8 Å². The van der Waals surface area contributed by atoms with Crippen LogP contribution >= 0.6 is 0 Å². The number of carbonyl (C=O) groups excluding carboxylic acids is 2. The molecule has 41 heavy (non-hydrogen) atoms. The topological polar surface area (TPSA) is 117 Å². The Morgan fingerprint density at radius 1 is 0.878 bits per heavy atom. The van der Waals surface area contributed by atoms with Crippen LogP contribution in [-0.2, 0) is 19.6 Å². The largest absolute Gasteiger partial charge is 0.484 e. The van der Waals surface area contributed by atoms with Crippen LogP contribution in [0.5, 0.6) is 5.75 Å². The highest BCUT2D eigenvalue weighted by molar-refractivity contribution is 7.92. The van der Waals surface area contributed by atoms with Gasteiger partial charge in [0, 0.05) is 6.04 Å². The first-order valence-corrected chi connectivity index (χ1v) is 15.1. The second-order valence-electron chi connectivity index (χ2n) is 10.2. The van der Waals surface area contributed by atoms with Crippen molar-refractivity contribution in [2.75, 3.05) is 17.5 Å². The summed E-state index contributed by atoms with van der Waals surface area (Å²) in [6.07, 6.45) is 7.00. The Morgan fingerprint density at radius 3 is 2.12 bits per heavy atom. The van der Waals surface area contributed by atoms with E-state index in [2.05, 4.69) is 15.8 Å². The normalized spacial score (nSPS) is 14.0. The number of hydrogen-bond donors (Lipinski definition) is 2. The average Bonchev–Trinajstić information content (AvgIpc) is 2.97. The number of benzene rings is 3. The van der Waals surface area contributed by atoms with Gasteiger partial charge in [0.25, 0.3) is 21.8 Å². The molecule has 0 aliphatic heterocycles. The van der Waals surface area contributed by atoms with Crippen LogP contribution in [0.1, 0.15) is 48.8 Å². The minimum Gasteiger partial charge on any atom is -0.484 e. The van der Waals surface area contributed by atoms with E-state index >= 15 is 0 Å². The minimum atomic E-state index is -4.00. The molecule has 9 nitrogen and oxygen atoms in total. The fourth-order valence-electron chi connectivity index (χ4n) is 4.52. The first kappa shape index (κ1) is 29.8. The molecule has 0 unspecified atom stereocenters. The SMILES string of the molecule is Cc1ccc(N(CC(=O)N/N=C\c2ccc(OCC(=O)NC3CCCCC3)cc2)S(=O)(=O)c2ccc(C)cc2)cc1. The van der Waals surface area contributed by atoms with Crippen LogP contribution in [0.25, 0.3) is 0 Å². The van der Waals surface area contributed by atoms with Gasteiger partial charge in [-0.05, 0) is 80.8 Å². The molecule has 3 aromatic carbocycles. The summed E-state index contributed by atoms with van der Waals surface area (Å²) < 4.78 is 33.6. The molecule has 1 saturated carbocycles. The third kappa shape index (κ3) is 8.65. The monoisotopic (exact) mass is 576 g/mol. The second kappa shape index (κ2) is 13.9. The van der Waals surface area contributed by atoms with E-state index in [1.807, 2.05) is 13.8 Å². The fourth-order valence-corrected chi connectivity index (χ4v) is 5.94. The van der Waals surface area contributed by atoms with E-state index in [1.54, 1.807) is 60.7 Å². The molecule has 3 aromatic rings.